The maximum absolute atomic E-state index is 13.0. The molecule has 7 heteroatoms. The van der Waals surface area contributed by atoms with Crippen LogP contribution in [0.25, 0.3) is 0 Å². The van der Waals surface area contributed by atoms with Crippen LogP contribution in [0.1, 0.15) is 30.4 Å². The number of piperidine rings is 1. The molecule has 1 aliphatic carbocycles. The molecule has 0 bridgehead atoms. The van der Waals surface area contributed by atoms with Crippen LogP contribution < -0.4 is 4.74 Å². The molecule has 1 fully saturated rings. The van der Waals surface area contributed by atoms with Crippen LogP contribution in [0.4, 0.5) is 0 Å². The first-order chi connectivity index (χ1) is 14.5. The molecular weight excluding hydrogens is 402 g/mol. The van der Waals surface area contributed by atoms with Gasteiger partial charge in [0.2, 0.25) is 10.0 Å². The molecule has 0 aromatic heterocycles. The van der Waals surface area contributed by atoms with Gasteiger partial charge in [0.15, 0.2) is 0 Å². The zero-order chi connectivity index (χ0) is 21.0. The fourth-order valence-corrected chi connectivity index (χ4v) is 5.65. The lowest BCUT2D eigenvalue weighted by atomic mass is 9.98. The molecular formula is C23H27NO5S. The molecule has 0 saturated carbocycles. The van der Waals surface area contributed by atoms with E-state index in [4.69, 9.17) is 9.47 Å². The van der Waals surface area contributed by atoms with E-state index in [2.05, 4.69) is 0 Å². The van der Waals surface area contributed by atoms with Crippen molar-refractivity contribution < 1.29 is 22.7 Å². The number of carbonyl (C=O) groups excluding carboxylic acids is 1. The standard InChI is InChI=1S/C23H27NO5S/c25-23(29-16-15-28-21-7-2-1-3-8-21)19-11-13-24(14-12-19)30(26,27)22-10-9-18-5-4-6-20(18)17-22/h1-3,7-10,17,19H,4-6,11-16H2. The molecule has 4 rings (SSSR count). The number of benzene rings is 2. The molecule has 1 heterocycles. The smallest absolute Gasteiger partial charge is 0.309 e. The topological polar surface area (TPSA) is 72.9 Å². The van der Waals surface area contributed by atoms with Crippen molar-refractivity contribution in [2.45, 2.75) is 37.0 Å². The molecule has 0 unspecified atom stereocenters. The molecule has 0 amide bonds. The molecule has 30 heavy (non-hydrogen) atoms. The fourth-order valence-electron chi connectivity index (χ4n) is 4.13. The van der Waals surface area contributed by atoms with Crippen LogP contribution >= 0.6 is 0 Å². The summed E-state index contributed by atoms with van der Waals surface area (Å²) >= 11 is 0. The first-order valence-electron chi connectivity index (χ1n) is 10.5. The van der Waals surface area contributed by atoms with E-state index in [1.54, 1.807) is 6.07 Å². The van der Waals surface area contributed by atoms with Crippen LogP contribution in [0.15, 0.2) is 53.4 Å². The van der Waals surface area contributed by atoms with E-state index >= 15 is 0 Å². The van der Waals surface area contributed by atoms with Crippen molar-refractivity contribution in [3.63, 3.8) is 0 Å². The predicted octanol–water partition coefficient (Wildman–Crippen LogP) is 3.20. The van der Waals surface area contributed by atoms with Gasteiger partial charge in [-0.25, -0.2) is 8.42 Å². The minimum atomic E-state index is -3.52. The summed E-state index contributed by atoms with van der Waals surface area (Å²) in [5, 5.41) is 0. The lowest BCUT2D eigenvalue weighted by Gasteiger charge is -2.30. The van der Waals surface area contributed by atoms with E-state index in [1.807, 2.05) is 42.5 Å². The Morgan fingerprint density at radius 2 is 1.70 bits per heavy atom. The SMILES string of the molecule is O=C(OCCOc1ccccc1)C1CCN(S(=O)(=O)c2ccc3c(c2)CCC3)CC1. The first kappa shape index (κ1) is 20.9. The number of para-hydroxylation sites is 1. The summed E-state index contributed by atoms with van der Waals surface area (Å²) in [6, 6.07) is 14.8. The van der Waals surface area contributed by atoms with Crippen molar-refractivity contribution >= 4 is 16.0 Å². The molecule has 160 valence electrons. The summed E-state index contributed by atoms with van der Waals surface area (Å²) in [6.07, 6.45) is 4.01. The minimum Gasteiger partial charge on any atom is -0.490 e. The van der Waals surface area contributed by atoms with E-state index in [0.29, 0.717) is 37.4 Å². The highest BCUT2D eigenvalue weighted by atomic mass is 32.2. The highest BCUT2D eigenvalue weighted by Crippen LogP contribution is 2.28. The maximum atomic E-state index is 13.0. The molecule has 2 aliphatic rings. The molecule has 2 aromatic rings. The Labute approximate surface area is 177 Å². The Morgan fingerprint density at radius 3 is 2.47 bits per heavy atom. The van der Waals surface area contributed by atoms with Gasteiger partial charge in [-0.2, -0.15) is 4.31 Å². The number of esters is 1. The van der Waals surface area contributed by atoms with Crippen molar-refractivity contribution in [2.75, 3.05) is 26.3 Å². The van der Waals surface area contributed by atoms with E-state index in [1.165, 1.54) is 9.87 Å². The number of hydrogen-bond donors (Lipinski definition) is 0. The number of carbonyl (C=O) groups is 1. The van der Waals surface area contributed by atoms with Gasteiger partial charge in [-0.15, -0.1) is 0 Å². The zero-order valence-electron chi connectivity index (χ0n) is 17.0. The largest absolute Gasteiger partial charge is 0.490 e. The molecule has 0 radical (unpaired) electrons. The van der Waals surface area contributed by atoms with Crippen LogP contribution in [0.3, 0.4) is 0 Å². The van der Waals surface area contributed by atoms with Crippen molar-refractivity contribution in [1.82, 2.24) is 4.31 Å². The van der Waals surface area contributed by atoms with Gasteiger partial charge in [-0.1, -0.05) is 24.3 Å². The molecule has 0 N–H and O–H groups in total. The summed E-state index contributed by atoms with van der Waals surface area (Å²) in [7, 11) is -3.52. The summed E-state index contributed by atoms with van der Waals surface area (Å²) in [5.41, 5.74) is 2.40. The number of hydrogen-bond acceptors (Lipinski definition) is 5. The summed E-state index contributed by atoms with van der Waals surface area (Å²) in [5.74, 6) is 0.188. The van der Waals surface area contributed by atoms with Crippen molar-refractivity contribution in [1.29, 1.82) is 0 Å². The van der Waals surface area contributed by atoms with Gasteiger partial charge >= 0.3 is 5.97 Å². The lowest BCUT2D eigenvalue weighted by Crippen LogP contribution is -2.40. The molecule has 0 atom stereocenters. The maximum Gasteiger partial charge on any atom is 0.309 e. The van der Waals surface area contributed by atoms with Crippen molar-refractivity contribution in [3.8, 4) is 5.75 Å². The second kappa shape index (κ2) is 9.18. The third-order valence-corrected chi connectivity index (χ3v) is 7.73. The van der Waals surface area contributed by atoms with Crippen LogP contribution in [0, 0.1) is 5.92 Å². The molecule has 2 aromatic carbocycles. The fraction of sp³-hybridized carbons (Fsp3) is 0.435. The zero-order valence-corrected chi connectivity index (χ0v) is 17.8. The summed E-state index contributed by atoms with van der Waals surface area (Å²) < 4.78 is 38.3. The highest BCUT2D eigenvalue weighted by Gasteiger charge is 2.33. The normalized spacial score (nSPS) is 17.5. The van der Waals surface area contributed by atoms with E-state index in [9.17, 15) is 13.2 Å². The quantitative estimate of drug-likeness (QED) is 0.499. The Morgan fingerprint density at radius 1 is 0.967 bits per heavy atom. The Bertz CT molecular complexity index is 982. The monoisotopic (exact) mass is 429 g/mol. The second-order valence-corrected chi connectivity index (χ2v) is 9.73. The van der Waals surface area contributed by atoms with Crippen molar-refractivity contribution in [3.05, 3.63) is 59.7 Å². The average Bonchev–Trinajstić information content (AvgIpc) is 3.25. The van der Waals surface area contributed by atoms with Gasteiger partial charge in [0.1, 0.15) is 19.0 Å². The Kier molecular flexibility index (Phi) is 6.39. The Hall–Kier alpha value is -2.38. The average molecular weight is 430 g/mol. The van der Waals surface area contributed by atoms with Crippen LogP contribution in [0.2, 0.25) is 0 Å². The van der Waals surface area contributed by atoms with E-state index in [0.717, 1.165) is 30.6 Å². The minimum absolute atomic E-state index is 0.182. The van der Waals surface area contributed by atoms with Crippen LogP contribution in [-0.4, -0.2) is 45.0 Å². The van der Waals surface area contributed by atoms with Gasteiger partial charge in [0, 0.05) is 13.1 Å². The van der Waals surface area contributed by atoms with Gasteiger partial charge in [0.05, 0.1) is 10.8 Å². The number of rotatable bonds is 7. The van der Waals surface area contributed by atoms with Gasteiger partial charge < -0.3 is 9.47 Å². The van der Waals surface area contributed by atoms with E-state index in [-0.39, 0.29) is 18.5 Å². The highest BCUT2D eigenvalue weighted by molar-refractivity contribution is 7.89. The predicted molar refractivity (Wildman–Crippen MR) is 113 cm³/mol. The molecule has 1 aliphatic heterocycles. The van der Waals surface area contributed by atoms with Gasteiger partial charge in [0.25, 0.3) is 0 Å². The van der Waals surface area contributed by atoms with Crippen LogP contribution in [-0.2, 0) is 32.4 Å². The molecule has 6 nitrogen and oxygen atoms in total. The number of nitrogens with zero attached hydrogens (tertiary/aromatic N) is 1. The molecule has 1 saturated heterocycles. The third-order valence-electron chi connectivity index (χ3n) is 5.83. The third kappa shape index (κ3) is 4.68. The number of ether oxygens (including phenoxy) is 2. The van der Waals surface area contributed by atoms with Gasteiger partial charge in [-0.3, -0.25) is 4.79 Å². The lowest BCUT2D eigenvalue weighted by molar-refractivity contribution is -0.150. The number of sulfonamides is 1. The second-order valence-electron chi connectivity index (χ2n) is 7.79. The summed E-state index contributed by atoms with van der Waals surface area (Å²) in [4.78, 5) is 12.7. The van der Waals surface area contributed by atoms with Gasteiger partial charge in [-0.05, 0) is 67.5 Å². The number of fused-ring (bicyclic) bond motifs is 1. The summed E-state index contributed by atoms with van der Waals surface area (Å²) in [6.45, 7) is 1.14. The van der Waals surface area contributed by atoms with Crippen LogP contribution in [0.5, 0.6) is 5.75 Å². The Balaban J connectivity index is 1.25. The van der Waals surface area contributed by atoms with E-state index < -0.39 is 10.0 Å². The molecule has 0 spiro atoms. The number of aryl methyl sites for hydroxylation is 2. The van der Waals surface area contributed by atoms with Crippen molar-refractivity contribution in [2.24, 2.45) is 5.92 Å². The first-order valence-corrected chi connectivity index (χ1v) is 11.9.